The monoisotopic (exact) mass is 698 g/mol. The molecule has 44 heavy (non-hydrogen) atoms. The van der Waals surface area contributed by atoms with Gasteiger partial charge in [-0.25, -0.2) is 8.78 Å². The van der Waals surface area contributed by atoms with E-state index >= 15 is 0 Å². The van der Waals surface area contributed by atoms with E-state index < -0.39 is 23.4 Å². The van der Waals surface area contributed by atoms with E-state index in [9.17, 15) is 18.4 Å². The summed E-state index contributed by atoms with van der Waals surface area (Å²) in [4.78, 5) is 22.7. The smallest absolute Gasteiger partial charge is 0.218 e. The summed E-state index contributed by atoms with van der Waals surface area (Å²) in [6.45, 7) is 0. The van der Waals surface area contributed by atoms with Crippen molar-refractivity contribution in [3.05, 3.63) is 146 Å². The van der Waals surface area contributed by atoms with Gasteiger partial charge in [-0.05, 0) is 64.2 Å². The van der Waals surface area contributed by atoms with Gasteiger partial charge < -0.3 is 11.5 Å². The summed E-state index contributed by atoms with van der Waals surface area (Å²) in [5.41, 5.74) is 15.7. The first-order valence-corrected chi connectivity index (χ1v) is 14.9. The molecule has 0 aliphatic heterocycles. The highest BCUT2D eigenvalue weighted by Crippen LogP contribution is 2.32. The van der Waals surface area contributed by atoms with Crippen molar-refractivity contribution in [1.29, 1.82) is 0 Å². The van der Waals surface area contributed by atoms with Crippen molar-refractivity contribution in [3.8, 4) is 11.1 Å². The van der Waals surface area contributed by atoms with Gasteiger partial charge in [-0.2, -0.15) is 5.10 Å². The van der Waals surface area contributed by atoms with Crippen molar-refractivity contribution < 1.29 is 18.4 Å². The number of nitrogens with two attached hydrogens (primary N) is 2. The van der Waals surface area contributed by atoms with E-state index in [0.29, 0.717) is 11.1 Å². The molecular weight excluding hydrogens is 673 g/mol. The standard InChI is InChI=1S/C18H15ClFN3O.C15H12BrClFNO/c19-16-6-5-13(7-17(16)20)15(8-18(21)24)12-3-1-11(2-4-12)14-9-22-23-10-14;16-11-4-1-9(2-5-11)12(8-15(19)20)10-3-6-13(17)14(18)7-10/h1-7,9-10,15H,8H2,(H2,21,24)(H,22,23);1-7,12H,8H2,(H2,19,20). The summed E-state index contributed by atoms with van der Waals surface area (Å²) < 4.78 is 28.3. The quantitative estimate of drug-likeness (QED) is 0.144. The fourth-order valence-electron chi connectivity index (χ4n) is 4.73. The summed E-state index contributed by atoms with van der Waals surface area (Å²) in [5.74, 6) is -2.52. The summed E-state index contributed by atoms with van der Waals surface area (Å²) in [5, 5.41) is 6.79. The van der Waals surface area contributed by atoms with Crippen LogP contribution in [0.4, 0.5) is 8.78 Å². The second-order valence-corrected chi connectivity index (χ2v) is 11.7. The van der Waals surface area contributed by atoms with Gasteiger partial charge in [0.15, 0.2) is 0 Å². The number of hydrogen-bond donors (Lipinski definition) is 3. The number of aromatic amines is 1. The lowest BCUT2D eigenvalue weighted by molar-refractivity contribution is -0.119. The fourth-order valence-corrected chi connectivity index (χ4v) is 5.23. The van der Waals surface area contributed by atoms with Crippen LogP contribution in [0.1, 0.15) is 46.9 Å². The number of carbonyl (C=O) groups is 2. The molecule has 5 aromatic rings. The zero-order chi connectivity index (χ0) is 31.8. The predicted molar refractivity (Wildman–Crippen MR) is 172 cm³/mol. The first kappa shape index (κ1) is 32.9. The van der Waals surface area contributed by atoms with Crippen LogP contribution in [0.3, 0.4) is 0 Å². The molecule has 0 spiro atoms. The van der Waals surface area contributed by atoms with Gasteiger partial charge in [0.05, 0.1) is 16.2 Å². The van der Waals surface area contributed by atoms with Crippen molar-refractivity contribution >= 4 is 50.9 Å². The van der Waals surface area contributed by atoms with E-state index in [4.69, 9.17) is 34.7 Å². The number of rotatable bonds is 9. The Balaban J connectivity index is 0.000000204. The molecule has 226 valence electrons. The van der Waals surface area contributed by atoms with Crippen molar-refractivity contribution in [1.82, 2.24) is 10.2 Å². The lowest BCUT2D eigenvalue weighted by Gasteiger charge is -2.17. The predicted octanol–water partition coefficient (Wildman–Crippen LogP) is 8.13. The number of aromatic nitrogens is 2. The number of hydrogen-bond acceptors (Lipinski definition) is 3. The molecule has 0 saturated heterocycles. The second kappa shape index (κ2) is 15.1. The van der Waals surface area contributed by atoms with Crippen molar-refractivity contribution in [2.24, 2.45) is 11.5 Å². The average molecular weight is 700 g/mol. The summed E-state index contributed by atoms with van der Waals surface area (Å²) >= 11 is 14.8. The van der Waals surface area contributed by atoms with Crippen LogP contribution < -0.4 is 11.5 Å². The number of carbonyl (C=O) groups excluding carboxylic acids is 2. The van der Waals surface area contributed by atoms with Crippen LogP contribution >= 0.6 is 39.1 Å². The van der Waals surface area contributed by atoms with E-state index in [-0.39, 0.29) is 34.7 Å². The normalized spacial score (nSPS) is 12.1. The van der Waals surface area contributed by atoms with Crippen LogP contribution in [0.15, 0.2) is 102 Å². The number of amides is 2. The Morgan fingerprint density at radius 2 is 1.14 bits per heavy atom. The van der Waals surface area contributed by atoms with Gasteiger partial charge in [0.2, 0.25) is 11.8 Å². The molecule has 0 saturated carbocycles. The lowest BCUT2D eigenvalue weighted by Crippen LogP contribution is -2.16. The highest BCUT2D eigenvalue weighted by Gasteiger charge is 2.20. The number of benzene rings is 4. The maximum Gasteiger partial charge on any atom is 0.218 e. The first-order valence-electron chi connectivity index (χ1n) is 13.3. The minimum Gasteiger partial charge on any atom is -0.370 e. The number of H-pyrrole nitrogens is 1. The summed E-state index contributed by atoms with van der Waals surface area (Å²) in [6.07, 6.45) is 3.73. The van der Waals surface area contributed by atoms with Crippen LogP contribution in [0, 0.1) is 11.6 Å². The molecule has 5 rings (SSSR count). The Kier molecular flexibility index (Phi) is 11.3. The molecule has 5 N–H and O–H groups in total. The zero-order valence-corrected chi connectivity index (χ0v) is 26.2. The van der Waals surface area contributed by atoms with Crippen LogP contribution in [-0.4, -0.2) is 22.0 Å². The van der Waals surface area contributed by atoms with E-state index in [1.165, 1.54) is 24.3 Å². The Hall–Kier alpha value is -4.05. The highest BCUT2D eigenvalue weighted by molar-refractivity contribution is 9.10. The molecule has 1 heterocycles. The Morgan fingerprint density at radius 3 is 1.52 bits per heavy atom. The van der Waals surface area contributed by atoms with Gasteiger partial charge in [0, 0.05) is 40.9 Å². The molecule has 11 heteroatoms. The molecule has 1 aromatic heterocycles. The van der Waals surface area contributed by atoms with Crippen molar-refractivity contribution in [2.45, 2.75) is 24.7 Å². The van der Waals surface area contributed by atoms with Gasteiger partial charge in [0.1, 0.15) is 11.6 Å². The molecule has 0 bridgehead atoms. The molecular formula is C33H27BrCl2F2N4O2. The molecule has 4 aromatic carbocycles. The minimum absolute atomic E-state index is 0.0480. The molecule has 2 amide bonds. The van der Waals surface area contributed by atoms with Crippen LogP contribution in [-0.2, 0) is 9.59 Å². The average Bonchev–Trinajstić information content (AvgIpc) is 3.54. The number of primary amides is 2. The third-order valence-electron chi connectivity index (χ3n) is 6.92. The Labute approximate surface area is 271 Å². The number of nitrogens with zero attached hydrogens (tertiary/aromatic N) is 1. The maximum atomic E-state index is 13.8. The fraction of sp³-hybridized carbons (Fsp3) is 0.121. The SMILES string of the molecule is NC(=O)CC(c1ccc(-c2cn[nH]c2)cc1)c1ccc(Cl)c(F)c1.NC(=O)CC(c1ccc(Br)cc1)c1ccc(Cl)c(F)c1. The molecule has 0 aliphatic rings. The molecule has 2 atom stereocenters. The lowest BCUT2D eigenvalue weighted by atomic mass is 9.87. The van der Waals surface area contributed by atoms with Crippen LogP contribution in [0.5, 0.6) is 0 Å². The van der Waals surface area contributed by atoms with Crippen LogP contribution in [0.25, 0.3) is 11.1 Å². The molecule has 0 radical (unpaired) electrons. The van der Waals surface area contributed by atoms with Crippen molar-refractivity contribution in [3.63, 3.8) is 0 Å². The van der Waals surface area contributed by atoms with Gasteiger partial charge in [-0.15, -0.1) is 0 Å². The van der Waals surface area contributed by atoms with Gasteiger partial charge in [0.25, 0.3) is 0 Å². The topological polar surface area (TPSA) is 115 Å². The van der Waals surface area contributed by atoms with E-state index in [1.807, 2.05) is 48.5 Å². The number of nitrogens with one attached hydrogen (secondary N) is 1. The largest absolute Gasteiger partial charge is 0.370 e. The summed E-state index contributed by atoms with van der Waals surface area (Å²) in [6, 6.07) is 24.3. The van der Waals surface area contributed by atoms with E-state index in [1.54, 1.807) is 24.5 Å². The number of halogens is 5. The molecule has 6 nitrogen and oxygen atoms in total. The Bertz CT molecular complexity index is 1730. The van der Waals surface area contributed by atoms with Gasteiger partial charge in [-0.1, -0.05) is 87.7 Å². The molecule has 0 fully saturated rings. The van der Waals surface area contributed by atoms with Crippen LogP contribution in [0.2, 0.25) is 10.0 Å². The third kappa shape index (κ3) is 8.75. The highest BCUT2D eigenvalue weighted by atomic mass is 79.9. The van der Waals surface area contributed by atoms with Gasteiger partial charge >= 0.3 is 0 Å². The second-order valence-electron chi connectivity index (χ2n) is 9.95. The minimum atomic E-state index is -0.515. The first-order chi connectivity index (χ1) is 21.0. The van der Waals surface area contributed by atoms with Gasteiger partial charge in [-0.3, -0.25) is 14.7 Å². The Morgan fingerprint density at radius 1 is 0.705 bits per heavy atom. The third-order valence-corrected chi connectivity index (χ3v) is 8.06. The van der Waals surface area contributed by atoms with E-state index in [0.717, 1.165) is 26.7 Å². The molecule has 0 aliphatic carbocycles. The van der Waals surface area contributed by atoms with E-state index in [2.05, 4.69) is 26.1 Å². The zero-order valence-electron chi connectivity index (χ0n) is 23.1. The molecule has 2 unspecified atom stereocenters. The van der Waals surface area contributed by atoms with Crippen molar-refractivity contribution in [2.75, 3.05) is 0 Å². The maximum absolute atomic E-state index is 13.8. The summed E-state index contributed by atoms with van der Waals surface area (Å²) in [7, 11) is 0.